The Bertz CT molecular complexity index is 168. The maximum Gasteiger partial charge on any atom is 0.303 e. The van der Waals surface area contributed by atoms with E-state index in [1.54, 1.807) is 6.92 Å². The molecule has 0 amide bonds. The monoisotopic (exact) mass is 216 g/mol. The number of aliphatic hydroxyl groups excluding tert-OH is 1. The Morgan fingerprint density at radius 1 is 1.20 bits per heavy atom. The second-order valence-corrected chi connectivity index (χ2v) is 4.35. The third kappa shape index (κ3) is 8.43. The van der Waals surface area contributed by atoms with Gasteiger partial charge in [0.05, 0.1) is 12.5 Å². The molecule has 0 aromatic heterocycles. The first-order valence-corrected chi connectivity index (χ1v) is 5.97. The first-order valence-electron chi connectivity index (χ1n) is 5.97. The second kappa shape index (κ2) is 8.72. The summed E-state index contributed by atoms with van der Waals surface area (Å²) in [5.74, 6) is -0.957. The topological polar surface area (TPSA) is 57.5 Å². The molecule has 0 aromatic carbocycles. The first kappa shape index (κ1) is 14.4. The molecule has 2 N–H and O–H groups in total. The van der Waals surface area contributed by atoms with E-state index in [4.69, 9.17) is 5.11 Å². The van der Waals surface area contributed by atoms with Crippen molar-refractivity contribution in [2.45, 2.75) is 64.9 Å². The number of hydrogen-bond donors (Lipinski definition) is 2. The zero-order chi connectivity index (χ0) is 11.7. The van der Waals surface area contributed by atoms with E-state index in [0.717, 1.165) is 19.3 Å². The minimum absolute atomic E-state index is 0.0656. The van der Waals surface area contributed by atoms with Crippen LogP contribution in [0.25, 0.3) is 0 Å². The van der Waals surface area contributed by atoms with Crippen LogP contribution in [0.4, 0.5) is 0 Å². The molecule has 0 radical (unpaired) electrons. The molecule has 2 unspecified atom stereocenters. The molecular formula is C12H24O3. The highest BCUT2D eigenvalue weighted by Crippen LogP contribution is 2.15. The standard InChI is InChI=1S/C12H24O3/c1-3-4-5-6-7-8-11(13)10(2)9-12(14)15/h10-11,13H,3-9H2,1-2H3,(H,14,15). The molecule has 90 valence electrons. The van der Waals surface area contributed by atoms with Gasteiger partial charge in [-0.2, -0.15) is 0 Å². The van der Waals surface area contributed by atoms with E-state index in [9.17, 15) is 9.90 Å². The van der Waals surface area contributed by atoms with E-state index in [2.05, 4.69) is 6.92 Å². The maximum atomic E-state index is 10.4. The molecule has 0 aliphatic heterocycles. The normalized spacial score (nSPS) is 14.9. The zero-order valence-electron chi connectivity index (χ0n) is 9.91. The molecule has 3 nitrogen and oxygen atoms in total. The first-order chi connectivity index (χ1) is 7.07. The van der Waals surface area contributed by atoms with Gasteiger partial charge in [0.1, 0.15) is 0 Å². The Balaban J connectivity index is 3.46. The summed E-state index contributed by atoms with van der Waals surface area (Å²) in [4.78, 5) is 10.4. The number of carboxylic acid groups (broad SMARTS) is 1. The van der Waals surface area contributed by atoms with Crippen LogP contribution >= 0.6 is 0 Å². The highest BCUT2D eigenvalue weighted by molar-refractivity contribution is 5.67. The molecule has 0 heterocycles. The lowest BCUT2D eigenvalue weighted by Crippen LogP contribution is -2.20. The molecule has 0 saturated heterocycles. The van der Waals surface area contributed by atoms with Gasteiger partial charge in [-0.1, -0.05) is 46.0 Å². The summed E-state index contributed by atoms with van der Waals surface area (Å²) >= 11 is 0. The molecule has 0 aliphatic rings. The predicted molar refractivity (Wildman–Crippen MR) is 60.8 cm³/mol. The third-order valence-electron chi connectivity index (χ3n) is 2.76. The van der Waals surface area contributed by atoms with Crippen LogP contribution in [0.5, 0.6) is 0 Å². The van der Waals surface area contributed by atoms with Crippen molar-refractivity contribution >= 4 is 5.97 Å². The largest absolute Gasteiger partial charge is 0.481 e. The smallest absolute Gasteiger partial charge is 0.303 e. The number of aliphatic carboxylic acids is 1. The molecule has 3 heteroatoms. The summed E-state index contributed by atoms with van der Waals surface area (Å²) in [5.41, 5.74) is 0. The van der Waals surface area contributed by atoms with Gasteiger partial charge in [-0.05, 0) is 12.3 Å². The third-order valence-corrected chi connectivity index (χ3v) is 2.76. The van der Waals surface area contributed by atoms with Crippen LogP contribution in [0.3, 0.4) is 0 Å². The van der Waals surface area contributed by atoms with E-state index in [-0.39, 0.29) is 12.3 Å². The molecule has 0 bridgehead atoms. The number of aliphatic hydroxyl groups is 1. The fraction of sp³-hybridized carbons (Fsp3) is 0.917. The van der Waals surface area contributed by atoms with Crippen LogP contribution in [-0.2, 0) is 4.79 Å². The molecule has 0 aromatic rings. The zero-order valence-corrected chi connectivity index (χ0v) is 9.91. The SMILES string of the molecule is CCCCCCCC(O)C(C)CC(=O)O. The highest BCUT2D eigenvalue weighted by atomic mass is 16.4. The predicted octanol–water partition coefficient (Wildman–Crippen LogP) is 2.82. The van der Waals surface area contributed by atoms with Gasteiger partial charge in [0, 0.05) is 0 Å². The fourth-order valence-electron chi connectivity index (χ4n) is 1.65. The maximum absolute atomic E-state index is 10.4. The lowest BCUT2D eigenvalue weighted by Gasteiger charge is -2.16. The molecule has 0 spiro atoms. The van der Waals surface area contributed by atoms with Crippen molar-refractivity contribution in [2.75, 3.05) is 0 Å². The second-order valence-electron chi connectivity index (χ2n) is 4.35. The Labute approximate surface area is 92.5 Å². The van der Waals surface area contributed by atoms with Crippen molar-refractivity contribution in [1.29, 1.82) is 0 Å². The van der Waals surface area contributed by atoms with Crippen molar-refractivity contribution in [1.82, 2.24) is 0 Å². The molecule has 2 atom stereocenters. The van der Waals surface area contributed by atoms with Gasteiger partial charge in [-0.3, -0.25) is 4.79 Å². The fourth-order valence-corrected chi connectivity index (χ4v) is 1.65. The highest BCUT2D eigenvalue weighted by Gasteiger charge is 2.16. The Morgan fingerprint density at radius 3 is 2.33 bits per heavy atom. The quantitative estimate of drug-likeness (QED) is 0.583. The Morgan fingerprint density at radius 2 is 1.80 bits per heavy atom. The average molecular weight is 216 g/mol. The minimum atomic E-state index is -0.826. The van der Waals surface area contributed by atoms with Crippen LogP contribution in [0.1, 0.15) is 58.8 Å². The number of unbranched alkanes of at least 4 members (excludes halogenated alkanes) is 4. The van der Waals surface area contributed by atoms with Crippen molar-refractivity contribution in [3.05, 3.63) is 0 Å². The summed E-state index contributed by atoms with van der Waals surface area (Å²) in [6.07, 6.45) is 6.18. The van der Waals surface area contributed by atoms with Gasteiger partial charge in [-0.25, -0.2) is 0 Å². The van der Waals surface area contributed by atoms with Crippen molar-refractivity contribution in [3.63, 3.8) is 0 Å². The number of carbonyl (C=O) groups is 1. The van der Waals surface area contributed by atoms with Crippen LogP contribution in [0.2, 0.25) is 0 Å². The molecule has 0 rings (SSSR count). The number of carboxylic acids is 1. The van der Waals surface area contributed by atoms with E-state index >= 15 is 0 Å². The van der Waals surface area contributed by atoms with Gasteiger partial charge in [0.25, 0.3) is 0 Å². The van der Waals surface area contributed by atoms with Gasteiger partial charge in [0.2, 0.25) is 0 Å². The summed E-state index contributed by atoms with van der Waals surface area (Å²) in [6.45, 7) is 3.97. The average Bonchev–Trinajstić information content (AvgIpc) is 2.16. The summed E-state index contributed by atoms with van der Waals surface area (Å²) in [6, 6.07) is 0. The Hall–Kier alpha value is -0.570. The van der Waals surface area contributed by atoms with Crippen LogP contribution in [-0.4, -0.2) is 22.3 Å². The summed E-state index contributed by atoms with van der Waals surface area (Å²) in [7, 11) is 0. The van der Waals surface area contributed by atoms with Gasteiger partial charge in [-0.15, -0.1) is 0 Å². The van der Waals surface area contributed by atoms with Gasteiger partial charge in [0.15, 0.2) is 0 Å². The lowest BCUT2D eigenvalue weighted by molar-refractivity contribution is -0.139. The van der Waals surface area contributed by atoms with Crippen LogP contribution in [0, 0.1) is 5.92 Å². The van der Waals surface area contributed by atoms with Gasteiger partial charge < -0.3 is 10.2 Å². The van der Waals surface area contributed by atoms with Crippen LogP contribution in [0.15, 0.2) is 0 Å². The van der Waals surface area contributed by atoms with Crippen molar-refractivity contribution in [3.8, 4) is 0 Å². The molecule has 0 aliphatic carbocycles. The van der Waals surface area contributed by atoms with E-state index in [1.165, 1.54) is 19.3 Å². The Kier molecular flexibility index (Phi) is 8.38. The summed E-state index contributed by atoms with van der Waals surface area (Å²) < 4.78 is 0. The molecule has 0 fully saturated rings. The van der Waals surface area contributed by atoms with Crippen LogP contribution < -0.4 is 0 Å². The van der Waals surface area contributed by atoms with Crippen molar-refractivity contribution < 1.29 is 15.0 Å². The number of hydrogen-bond acceptors (Lipinski definition) is 2. The lowest BCUT2D eigenvalue weighted by atomic mass is 9.96. The van der Waals surface area contributed by atoms with Crippen molar-refractivity contribution in [2.24, 2.45) is 5.92 Å². The number of rotatable bonds is 9. The minimum Gasteiger partial charge on any atom is -0.481 e. The van der Waals surface area contributed by atoms with Gasteiger partial charge >= 0.3 is 5.97 Å². The molecule has 0 saturated carbocycles. The van der Waals surface area contributed by atoms with E-state index < -0.39 is 12.1 Å². The van der Waals surface area contributed by atoms with E-state index in [1.807, 2.05) is 0 Å². The summed E-state index contributed by atoms with van der Waals surface area (Å²) in [5, 5.41) is 18.2. The molecular weight excluding hydrogens is 192 g/mol. The van der Waals surface area contributed by atoms with E-state index in [0.29, 0.717) is 0 Å². The molecule has 15 heavy (non-hydrogen) atoms.